The van der Waals surface area contributed by atoms with Gasteiger partial charge >= 0.3 is 0 Å². The molecule has 0 saturated heterocycles. The van der Waals surface area contributed by atoms with Gasteiger partial charge in [-0.15, -0.1) is 0 Å². The number of rotatable bonds is 5. The minimum absolute atomic E-state index is 0.0744. The van der Waals surface area contributed by atoms with Gasteiger partial charge in [0.2, 0.25) is 0 Å². The molecule has 0 aliphatic rings. The van der Waals surface area contributed by atoms with Crippen LogP contribution in [-0.4, -0.2) is 13.3 Å². The highest BCUT2D eigenvalue weighted by molar-refractivity contribution is 5.63. The maximum atomic E-state index is 5.18. The van der Waals surface area contributed by atoms with Crippen LogP contribution in [0.3, 0.4) is 0 Å². The Bertz CT molecular complexity index is 481. The minimum Gasteiger partial charge on any atom is -0.367 e. The lowest BCUT2D eigenvalue weighted by Gasteiger charge is -2.12. The largest absolute Gasteiger partial charge is 0.367 e. The molecule has 0 saturated carbocycles. The van der Waals surface area contributed by atoms with Crippen LogP contribution in [0.2, 0.25) is 0 Å². The molecule has 0 heterocycles. The van der Waals surface area contributed by atoms with Crippen molar-refractivity contribution in [2.24, 2.45) is 0 Å². The summed E-state index contributed by atoms with van der Waals surface area (Å²) in [5, 5.41) is 3.31. The fourth-order valence-corrected chi connectivity index (χ4v) is 1.84. The fourth-order valence-electron chi connectivity index (χ4n) is 1.84. The van der Waals surface area contributed by atoms with Gasteiger partial charge in [0, 0.05) is 13.7 Å². The van der Waals surface area contributed by atoms with Crippen LogP contribution in [0, 0.1) is 0 Å². The summed E-state index contributed by atoms with van der Waals surface area (Å²) in [5.41, 5.74) is 3.76. The molecular formula is C16H19NO. The molecule has 0 aliphatic carbocycles. The zero-order chi connectivity index (χ0) is 12.8. The molecule has 2 heteroatoms. The van der Waals surface area contributed by atoms with Gasteiger partial charge in [0.15, 0.2) is 0 Å². The monoisotopic (exact) mass is 241 g/mol. The molecule has 1 atom stereocenters. The van der Waals surface area contributed by atoms with Gasteiger partial charge in [-0.05, 0) is 29.7 Å². The van der Waals surface area contributed by atoms with Crippen LogP contribution in [0.1, 0.15) is 12.5 Å². The summed E-state index contributed by atoms with van der Waals surface area (Å²) in [6.07, 6.45) is 0.0744. The van der Waals surface area contributed by atoms with E-state index in [1.54, 1.807) is 7.11 Å². The van der Waals surface area contributed by atoms with Crippen molar-refractivity contribution in [2.45, 2.75) is 19.7 Å². The average Bonchev–Trinajstić information content (AvgIpc) is 2.46. The first-order valence-electron chi connectivity index (χ1n) is 6.20. The molecule has 18 heavy (non-hydrogen) atoms. The molecule has 2 rings (SSSR count). The summed E-state index contributed by atoms with van der Waals surface area (Å²) < 4.78 is 5.18. The second-order valence-electron chi connectivity index (χ2n) is 4.33. The molecule has 0 aromatic heterocycles. The van der Waals surface area contributed by atoms with Gasteiger partial charge in [-0.3, -0.25) is 5.32 Å². The van der Waals surface area contributed by atoms with Gasteiger partial charge in [-0.1, -0.05) is 48.5 Å². The third-order valence-corrected chi connectivity index (χ3v) is 2.98. The lowest BCUT2D eigenvalue weighted by molar-refractivity contribution is 0.0879. The standard InChI is InChI=1S/C16H19NO/c1-13(18-2)17-12-14-7-6-10-16(11-14)15-8-4-3-5-9-15/h3-11,13,17H,12H2,1-2H3. The van der Waals surface area contributed by atoms with E-state index in [1.807, 2.05) is 13.0 Å². The van der Waals surface area contributed by atoms with Crippen LogP contribution >= 0.6 is 0 Å². The van der Waals surface area contributed by atoms with Crippen LogP contribution in [0.4, 0.5) is 0 Å². The highest BCUT2D eigenvalue weighted by Crippen LogP contribution is 2.19. The smallest absolute Gasteiger partial charge is 0.105 e. The maximum absolute atomic E-state index is 5.18. The second-order valence-corrected chi connectivity index (χ2v) is 4.33. The molecule has 2 aromatic carbocycles. The number of methoxy groups -OCH3 is 1. The Morgan fingerprint density at radius 2 is 1.72 bits per heavy atom. The third-order valence-electron chi connectivity index (χ3n) is 2.98. The number of nitrogens with one attached hydrogen (secondary N) is 1. The normalized spacial score (nSPS) is 12.3. The zero-order valence-corrected chi connectivity index (χ0v) is 10.9. The van der Waals surface area contributed by atoms with Crippen molar-refractivity contribution in [2.75, 3.05) is 7.11 Å². The fraction of sp³-hybridized carbons (Fsp3) is 0.250. The Kier molecular flexibility index (Phi) is 4.51. The summed E-state index contributed by atoms with van der Waals surface area (Å²) in [4.78, 5) is 0. The first kappa shape index (κ1) is 12.8. The zero-order valence-electron chi connectivity index (χ0n) is 10.9. The van der Waals surface area contributed by atoms with Gasteiger partial charge in [0.05, 0.1) is 0 Å². The molecule has 0 amide bonds. The number of benzene rings is 2. The molecule has 0 spiro atoms. The number of hydrogen-bond acceptors (Lipinski definition) is 2. The van der Waals surface area contributed by atoms with Crippen molar-refractivity contribution < 1.29 is 4.74 Å². The molecule has 0 radical (unpaired) electrons. The highest BCUT2D eigenvalue weighted by Gasteiger charge is 2.01. The second kappa shape index (κ2) is 6.34. The molecule has 2 aromatic rings. The molecule has 1 N–H and O–H groups in total. The Balaban J connectivity index is 2.11. The van der Waals surface area contributed by atoms with Crippen LogP contribution in [0.25, 0.3) is 11.1 Å². The van der Waals surface area contributed by atoms with Crippen molar-refractivity contribution >= 4 is 0 Å². The summed E-state index contributed by atoms with van der Waals surface area (Å²) in [7, 11) is 1.71. The van der Waals surface area contributed by atoms with E-state index < -0.39 is 0 Å². The molecule has 2 nitrogen and oxygen atoms in total. The van der Waals surface area contributed by atoms with E-state index >= 15 is 0 Å². The van der Waals surface area contributed by atoms with E-state index in [1.165, 1.54) is 16.7 Å². The van der Waals surface area contributed by atoms with E-state index in [0.29, 0.717) is 0 Å². The number of hydrogen-bond donors (Lipinski definition) is 1. The van der Waals surface area contributed by atoms with Gasteiger partial charge in [-0.2, -0.15) is 0 Å². The predicted octanol–water partition coefficient (Wildman–Crippen LogP) is 3.44. The molecule has 0 bridgehead atoms. The van der Waals surface area contributed by atoms with Gasteiger partial charge in [-0.25, -0.2) is 0 Å². The Morgan fingerprint density at radius 3 is 2.44 bits per heavy atom. The quantitative estimate of drug-likeness (QED) is 0.810. The highest BCUT2D eigenvalue weighted by atomic mass is 16.5. The summed E-state index contributed by atoms with van der Waals surface area (Å²) in [6.45, 7) is 2.82. The van der Waals surface area contributed by atoms with Crippen molar-refractivity contribution in [3.05, 3.63) is 60.2 Å². The third kappa shape index (κ3) is 3.42. The van der Waals surface area contributed by atoms with E-state index in [4.69, 9.17) is 4.74 Å². The van der Waals surface area contributed by atoms with Crippen molar-refractivity contribution in [3.63, 3.8) is 0 Å². The van der Waals surface area contributed by atoms with Crippen LogP contribution in [0.5, 0.6) is 0 Å². The van der Waals surface area contributed by atoms with Crippen molar-refractivity contribution in [3.8, 4) is 11.1 Å². The summed E-state index contributed by atoms with van der Waals surface area (Å²) in [6, 6.07) is 19.0. The topological polar surface area (TPSA) is 21.3 Å². The Morgan fingerprint density at radius 1 is 1.00 bits per heavy atom. The lowest BCUT2D eigenvalue weighted by atomic mass is 10.0. The molecule has 0 aliphatic heterocycles. The van der Waals surface area contributed by atoms with E-state index in [9.17, 15) is 0 Å². The first-order chi connectivity index (χ1) is 8.79. The van der Waals surface area contributed by atoms with Crippen LogP contribution < -0.4 is 5.32 Å². The van der Waals surface area contributed by atoms with Gasteiger partial charge in [0.25, 0.3) is 0 Å². The molecule has 0 fully saturated rings. The summed E-state index contributed by atoms with van der Waals surface area (Å²) in [5.74, 6) is 0. The molecule has 1 unspecified atom stereocenters. The van der Waals surface area contributed by atoms with Gasteiger partial charge < -0.3 is 4.74 Å². The van der Waals surface area contributed by atoms with Crippen LogP contribution in [0.15, 0.2) is 54.6 Å². The van der Waals surface area contributed by atoms with E-state index in [0.717, 1.165) is 6.54 Å². The Labute approximate surface area is 109 Å². The number of ether oxygens (including phenoxy) is 1. The minimum atomic E-state index is 0.0744. The average molecular weight is 241 g/mol. The van der Waals surface area contributed by atoms with Gasteiger partial charge in [0.1, 0.15) is 6.23 Å². The predicted molar refractivity (Wildman–Crippen MR) is 75.2 cm³/mol. The van der Waals surface area contributed by atoms with Crippen LogP contribution in [-0.2, 0) is 11.3 Å². The van der Waals surface area contributed by atoms with E-state index in [-0.39, 0.29) is 6.23 Å². The van der Waals surface area contributed by atoms with Crippen molar-refractivity contribution in [1.29, 1.82) is 0 Å². The maximum Gasteiger partial charge on any atom is 0.105 e. The Hall–Kier alpha value is -1.64. The van der Waals surface area contributed by atoms with E-state index in [2.05, 4.69) is 53.8 Å². The van der Waals surface area contributed by atoms with Crippen molar-refractivity contribution in [1.82, 2.24) is 5.32 Å². The molecular weight excluding hydrogens is 222 g/mol. The SMILES string of the molecule is COC(C)NCc1cccc(-c2ccccc2)c1. The molecule has 94 valence electrons. The first-order valence-corrected chi connectivity index (χ1v) is 6.20. The summed E-state index contributed by atoms with van der Waals surface area (Å²) >= 11 is 0. The lowest BCUT2D eigenvalue weighted by Crippen LogP contribution is -2.26.